The summed E-state index contributed by atoms with van der Waals surface area (Å²) in [6, 6.07) is 9.90. The number of hydrogen-bond acceptors (Lipinski definition) is 4. The number of hydrogen-bond donors (Lipinski definition) is 0. The highest BCUT2D eigenvalue weighted by Gasteiger charge is 2.31. The first-order valence-electron chi connectivity index (χ1n) is 8.39. The zero-order valence-corrected chi connectivity index (χ0v) is 17.0. The van der Waals surface area contributed by atoms with Crippen LogP contribution in [0.2, 0.25) is 10.0 Å². The minimum atomic E-state index is -3.95. The third-order valence-electron chi connectivity index (χ3n) is 4.29. The molecule has 2 aromatic rings. The molecule has 0 unspecified atom stereocenters. The van der Waals surface area contributed by atoms with Gasteiger partial charge >= 0.3 is 0 Å². The van der Waals surface area contributed by atoms with Gasteiger partial charge < -0.3 is 9.64 Å². The molecule has 0 bridgehead atoms. The van der Waals surface area contributed by atoms with Crippen LogP contribution in [0.1, 0.15) is 0 Å². The fraction of sp³-hybridized carbons (Fsp3) is 0.278. The zero-order valence-electron chi connectivity index (χ0n) is 14.6. The van der Waals surface area contributed by atoms with Crippen molar-refractivity contribution in [2.24, 2.45) is 0 Å². The van der Waals surface area contributed by atoms with Gasteiger partial charge in [0.25, 0.3) is 5.91 Å². The number of ether oxygens (including phenoxy) is 1. The lowest BCUT2D eigenvalue weighted by Gasteiger charge is -2.34. The van der Waals surface area contributed by atoms with Crippen molar-refractivity contribution < 1.29 is 22.3 Å². The van der Waals surface area contributed by atoms with Crippen LogP contribution in [-0.2, 0) is 14.8 Å². The highest BCUT2D eigenvalue weighted by atomic mass is 35.5. The molecular weight excluding hydrogens is 430 g/mol. The Morgan fingerprint density at radius 2 is 1.75 bits per heavy atom. The van der Waals surface area contributed by atoms with Crippen LogP contribution in [0.15, 0.2) is 47.4 Å². The molecule has 28 heavy (non-hydrogen) atoms. The highest BCUT2D eigenvalue weighted by molar-refractivity contribution is 7.89. The van der Waals surface area contributed by atoms with E-state index in [0.29, 0.717) is 15.8 Å². The maximum absolute atomic E-state index is 13.9. The van der Waals surface area contributed by atoms with Gasteiger partial charge in [-0.15, -0.1) is 0 Å². The van der Waals surface area contributed by atoms with Gasteiger partial charge in [-0.05, 0) is 30.3 Å². The van der Waals surface area contributed by atoms with E-state index < -0.39 is 15.8 Å². The van der Waals surface area contributed by atoms with Crippen LogP contribution in [0.4, 0.5) is 4.39 Å². The maximum Gasteiger partial charge on any atom is 0.260 e. The predicted molar refractivity (Wildman–Crippen MR) is 104 cm³/mol. The van der Waals surface area contributed by atoms with Gasteiger partial charge in [0.2, 0.25) is 10.0 Å². The Balaban J connectivity index is 1.57. The van der Waals surface area contributed by atoms with Gasteiger partial charge in [0.05, 0.1) is 5.02 Å². The number of carbonyl (C=O) groups excluding carboxylic acids is 1. The first-order valence-corrected chi connectivity index (χ1v) is 10.6. The predicted octanol–water partition coefficient (Wildman–Crippen LogP) is 3.04. The normalized spacial score (nSPS) is 15.5. The number of sulfonamides is 1. The summed E-state index contributed by atoms with van der Waals surface area (Å²) in [5.41, 5.74) is 0. The Bertz CT molecular complexity index is 979. The number of amides is 1. The van der Waals surface area contributed by atoms with Crippen LogP contribution in [0.3, 0.4) is 0 Å². The van der Waals surface area contributed by atoms with Crippen LogP contribution in [-0.4, -0.2) is 56.3 Å². The smallest absolute Gasteiger partial charge is 0.260 e. The van der Waals surface area contributed by atoms with E-state index in [0.717, 1.165) is 6.07 Å². The number of rotatable bonds is 5. The lowest BCUT2D eigenvalue weighted by Crippen LogP contribution is -2.51. The molecule has 6 nitrogen and oxygen atoms in total. The van der Waals surface area contributed by atoms with Crippen molar-refractivity contribution in [2.75, 3.05) is 32.8 Å². The maximum atomic E-state index is 13.9. The van der Waals surface area contributed by atoms with Gasteiger partial charge in [-0.3, -0.25) is 4.79 Å². The average Bonchev–Trinajstić information content (AvgIpc) is 2.67. The minimum absolute atomic E-state index is 0.0735. The molecule has 1 aliphatic rings. The molecule has 1 fully saturated rings. The first-order chi connectivity index (χ1) is 13.3. The molecule has 2 aromatic carbocycles. The molecule has 1 aliphatic heterocycles. The van der Waals surface area contributed by atoms with Crippen LogP contribution < -0.4 is 4.74 Å². The van der Waals surface area contributed by atoms with E-state index in [1.54, 1.807) is 12.1 Å². The Hall–Kier alpha value is -1.87. The molecule has 0 atom stereocenters. The number of benzene rings is 2. The van der Waals surface area contributed by atoms with Crippen molar-refractivity contribution in [2.45, 2.75) is 4.90 Å². The van der Waals surface area contributed by atoms with Gasteiger partial charge in [-0.25, -0.2) is 12.8 Å². The summed E-state index contributed by atoms with van der Waals surface area (Å²) in [6.45, 7) is 0.282. The summed E-state index contributed by atoms with van der Waals surface area (Å²) in [5.74, 6) is -0.761. The number of piperazine rings is 1. The van der Waals surface area contributed by atoms with Gasteiger partial charge in [-0.2, -0.15) is 4.31 Å². The Morgan fingerprint density at radius 1 is 1.07 bits per heavy atom. The number of nitrogens with zero attached hydrogens (tertiary/aromatic N) is 2. The van der Waals surface area contributed by atoms with Gasteiger partial charge in [-0.1, -0.05) is 35.3 Å². The summed E-state index contributed by atoms with van der Waals surface area (Å²) < 4.78 is 45.6. The molecule has 1 saturated heterocycles. The van der Waals surface area contributed by atoms with Crippen LogP contribution in [0.5, 0.6) is 5.75 Å². The van der Waals surface area contributed by atoms with Crippen molar-refractivity contribution in [3.63, 3.8) is 0 Å². The van der Waals surface area contributed by atoms with E-state index in [2.05, 4.69) is 0 Å². The largest absolute Gasteiger partial charge is 0.482 e. The second-order valence-corrected chi connectivity index (χ2v) is 8.83. The Kier molecular flexibility index (Phi) is 6.44. The lowest BCUT2D eigenvalue weighted by atomic mass is 10.3. The quantitative estimate of drug-likeness (QED) is 0.707. The van der Waals surface area contributed by atoms with Crippen LogP contribution in [0.25, 0.3) is 0 Å². The second kappa shape index (κ2) is 8.65. The van der Waals surface area contributed by atoms with Gasteiger partial charge in [0.1, 0.15) is 16.5 Å². The van der Waals surface area contributed by atoms with Crippen molar-refractivity contribution in [1.29, 1.82) is 0 Å². The molecule has 1 amide bonds. The van der Waals surface area contributed by atoms with Crippen molar-refractivity contribution in [3.8, 4) is 5.75 Å². The molecule has 150 valence electrons. The van der Waals surface area contributed by atoms with E-state index in [1.807, 2.05) is 0 Å². The Morgan fingerprint density at radius 3 is 2.39 bits per heavy atom. The Labute approximate surface area is 172 Å². The topological polar surface area (TPSA) is 66.9 Å². The van der Waals surface area contributed by atoms with E-state index in [9.17, 15) is 17.6 Å². The SMILES string of the molecule is O=C(COc1ccc(Cl)cc1Cl)N1CCN(S(=O)(=O)c2ccccc2F)CC1. The van der Waals surface area contributed by atoms with Crippen molar-refractivity contribution >= 4 is 39.1 Å². The third-order valence-corrected chi connectivity index (χ3v) is 6.75. The molecule has 0 aliphatic carbocycles. The molecule has 0 aromatic heterocycles. The monoisotopic (exact) mass is 446 g/mol. The molecule has 0 N–H and O–H groups in total. The lowest BCUT2D eigenvalue weighted by molar-refractivity contribution is -0.134. The van der Waals surface area contributed by atoms with Crippen molar-refractivity contribution in [3.05, 3.63) is 58.3 Å². The van der Waals surface area contributed by atoms with Gasteiger partial charge in [0, 0.05) is 31.2 Å². The minimum Gasteiger partial charge on any atom is -0.482 e. The fourth-order valence-corrected chi connectivity index (χ4v) is 4.74. The highest BCUT2D eigenvalue weighted by Crippen LogP contribution is 2.27. The molecule has 0 spiro atoms. The van der Waals surface area contributed by atoms with E-state index in [-0.39, 0.29) is 43.6 Å². The molecular formula is C18H17Cl2FN2O4S. The summed E-state index contributed by atoms with van der Waals surface area (Å²) in [4.78, 5) is 13.5. The second-order valence-electron chi connectivity index (χ2n) is 6.08. The third kappa shape index (κ3) is 4.57. The van der Waals surface area contributed by atoms with Crippen LogP contribution in [0, 0.1) is 5.82 Å². The van der Waals surface area contributed by atoms with E-state index >= 15 is 0 Å². The van der Waals surface area contributed by atoms with E-state index in [1.165, 1.54) is 33.5 Å². The molecule has 0 radical (unpaired) electrons. The molecule has 3 rings (SSSR count). The number of carbonyl (C=O) groups is 1. The average molecular weight is 447 g/mol. The number of halogens is 3. The molecule has 10 heteroatoms. The summed E-state index contributed by atoms with van der Waals surface area (Å²) in [5, 5.41) is 0.747. The standard InChI is InChI=1S/C18H17Cl2FN2O4S/c19-13-5-6-16(14(20)11-13)27-12-18(24)22-7-9-23(10-8-22)28(25,26)17-4-2-1-3-15(17)21/h1-6,11H,7-10,12H2. The van der Waals surface area contributed by atoms with E-state index in [4.69, 9.17) is 27.9 Å². The summed E-state index contributed by atoms with van der Waals surface area (Å²) in [6.07, 6.45) is 0. The van der Waals surface area contributed by atoms with Gasteiger partial charge in [0.15, 0.2) is 6.61 Å². The van der Waals surface area contributed by atoms with Crippen LogP contribution >= 0.6 is 23.2 Å². The first kappa shape index (κ1) is 20.9. The summed E-state index contributed by atoms with van der Waals surface area (Å²) in [7, 11) is -3.95. The fourth-order valence-electron chi connectivity index (χ4n) is 2.79. The van der Waals surface area contributed by atoms with Crippen molar-refractivity contribution in [1.82, 2.24) is 9.21 Å². The zero-order chi connectivity index (χ0) is 20.3. The molecule has 0 saturated carbocycles. The molecule has 1 heterocycles. The summed E-state index contributed by atoms with van der Waals surface area (Å²) >= 11 is 11.8.